The predicted octanol–water partition coefficient (Wildman–Crippen LogP) is 2.71. The van der Waals surface area contributed by atoms with Gasteiger partial charge >= 0.3 is 0 Å². The molecule has 0 spiro atoms. The van der Waals surface area contributed by atoms with Gasteiger partial charge in [0.25, 0.3) is 5.56 Å². The minimum Gasteiger partial charge on any atom is -0.340 e. The van der Waals surface area contributed by atoms with Crippen LogP contribution in [-0.4, -0.2) is 27.4 Å². The Kier molecular flexibility index (Phi) is 4.62. The molecule has 0 radical (unpaired) electrons. The highest BCUT2D eigenvalue weighted by atomic mass is 35.5. The van der Waals surface area contributed by atoms with Crippen LogP contribution in [0.1, 0.15) is 5.56 Å². The number of hydrogen-bond donors (Lipinski definition) is 0. The molecule has 0 aliphatic rings. The van der Waals surface area contributed by atoms with Crippen LogP contribution in [0.4, 0.5) is 0 Å². The summed E-state index contributed by atoms with van der Waals surface area (Å²) >= 11 is 5.97. The topological polar surface area (TPSA) is 55.2 Å². The number of para-hydroxylation sites is 2. The van der Waals surface area contributed by atoms with Gasteiger partial charge in [-0.3, -0.25) is 14.2 Å². The smallest absolute Gasteiger partial charge is 0.269 e. The number of amides is 1. The zero-order chi connectivity index (χ0) is 17.1. The van der Waals surface area contributed by atoms with Gasteiger partial charge in [0.2, 0.25) is 5.91 Å². The maximum absolute atomic E-state index is 12.5. The highest BCUT2D eigenvalue weighted by Crippen LogP contribution is 2.13. The van der Waals surface area contributed by atoms with Gasteiger partial charge in [-0.1, -0.05) is 35.9 Å². The highest BCUT2D eigenvalue weighted by Gasteiger charge is 2.13. The molecule has 0 unspecified atom stereocenters. The van der Waals surface area contributed by atoms with Gasteiger partial charge in [-0.25, -0.2) is 4.98 Å². The first-order valence-corrected chi connectivity index (χ1v) is 7.85. The van der Waals surface area contributed by atoms with Crippen molar-refractivity contribution in [3.63, 3.8) is 0 Å². The Morgan fingerprint density at radius 3 is 2.79 bits per heavy atom. The van der Waals surface area contributed by atoms with Crippen molar-refractivity contribution < 1.29 is 4.79 Å². The van der Waals surface area contributed by atoms with Crippen molar-refractivity contribution in [3.8, 4) is 0 Å². The summed E-state index contributed by atoms with van der Waals surface area (Å²) in [6.07, 6.45) is 1.24. The van der Waals surface area contributed by atoms with Crippen molar-refractivity contribution >= 4 is 28.5 Å². The third kappa shape index (κ3) is 3.46. The first kappa shape index (κ1) is 16.2. The van der Waals surface area contributed by atoms with E-state index < -0.39 is 0 Å². The molecule has 6 heteroatoms. The van der Waals surface area contributed by atoms with E-state index in [0.717, 1.165) is 5.56 Å². The van der Waals surface area contributed by atoms with E-state index in [1.54, 1.807) is 24.1 Å². The minimum absolute atomic E-state index is 0.0288. The lowest BCUT2D eigenvalue weighted by Crippen LogP contribution is -2.33. The second kappa shape index (κ2) is 6.84. The van der Waals surface area contributed by atoms with Crippen molar-refractivity contribution in [2.75, 3.05) is 7.05 Å². The molecule has 24 heavy (non-hydrogen) atoms. The quantitative estimate of drug-likeness (QED) is 0.733. The van der Waals surface area contributed by atoms with Crippen molar-refractivity contribution in [3.05, 3.63) is 75.7 Å². The first-order chi connectivity index (χ1) is 11.5. The summed E-state index contributed by atoms with van der Waals surface area (Å²) in [5.74, 6) is -0.159. The number of benzene rings is 2. The molecule has 1 amide bonds. The van der Waals surface area contributed by atoms with Crippen LogP contribution in [0.3, 0.4) is 0 Å². The van der Waals surface area contributed by atoms with Gasteiger partial charge in [0.15, 0.2) is 0 Å². The lowest BCUT2D eigenvalue weighted by molar-refractivity contribution is -0.131. The van der Waals surface area contributed by atoms with E-state index in [1.807, 2.05) is 36.4 Å². The minimum atomic E-state index is -0.293. The van der Waals surface area contributed by atoms with Crippen LogP contribution in [-0.2, 0) is 17.9 Å². The Morgan fingerprint density at radius 1 is 1.21 bits per heavy atom. The molecule has 0 aliphatic carbocycles. The van der Waals surface area contributed by atoms with Crippen molar-refractivity contribution in [1.82, 2.24) is 14.5 Å². The van der Waals surface area contributed by atoms with Crippen LogP contribution < -0.4 is 5.56 Å². The predicted molar refractivity (Wildman–Crippen MR) is 93.9 cm³/mol. The molecule has 122 valence electrons. The molecule has 1 aromatic heterocycles. The van der Waals surface area contributed by atoms with Crippen molar-refractivity contribution in [1.29, 1.82) is 0 Å². The standard InChI is InChI=1S/C18H16ClN3O2/c1-21(11-13-5-4-6-14(19)9-13)18(24)12-22-16-8-3-2-7-15(16)20-10-17(22)23/h2-10H,11-12H2,1H3. The summed E-state index contributed by atoms with van der Waals surface area (Å²) < 4.78 is 1.44. The van der Waals surface area contributed by atoms with Gasteiger partial charge in [-0.2, -0.15) is 0 Å². The Morgan fingerprint density at radius 2 is 2.00 bits per heavy atom. The average molecular weight is 342 g/mol. The zero-order valence-electron chi connectivity index (χ0n) is 13.1. The average Bonchev–Trinajstić information content (AvgIpc) is 2.57. The molecule has 3 aromatic rings. The Bertz CT molecular complexity index is 952. The maximum Gasteiger partial charge on any atom is 0.269 e. The monoisotopic (exact) mass is 341 g/mol. The molecule has 0 saturated heterocycles. The number of rotatable bonds is 4. The second-order valence-corrected chi connectivity index (χ2v) is 5.99. The normalized spacial score (nSPS) is 10.8. The number of halogens is 1. The van der Waals surface area contributed by atoms with Gasteiger partial charge in [0, 0.05) is 18.6 Å². The van der Waals surface area contributed by atoms with Crippen LogP contribution in [0.15, 0.2) is 59.5 Å². The summed E-state index contributed by atoms with van der Waals surface area (Å²) in [6, 6.07) is 14.6. The van der Waals surface area contributed by atoms with Crippen LogP contribution in [0.5, 0.6) is 0 Å². The second-order valence-electron chi connectivity index (χ2n) is 5.55. The summed E-state index contributed by atoms with van der Waals surface area (Å²) in [4.78, 5) is 30.3. The molecule has 3 rings (SSSR count). The summed E-state index contributed by atoms with van der Waals surface area (Å²) in [7, 11) is 1.71. The Hall–Kier alpha value is -2.66. The Balaban J connectivity index is 1.82. The number of nitrogens with zero attached hydrogens (tertiary/aromatic N) is 3. The summed E-state index contributed by atoms with van der Waals surface area (Å²) in [6.45, 7) is 0.399. The fourth-order valence-corrected chi connectivity index (χ4v) is 2.74. The van der Waals surface area contributed by atoms with Gasteiger partial charge in [-0.05, 0) is 29.8 Å². The Labute approximate surface area is 144 Å². The lowest BCUT2D eigenvalue weighted by atomic mass is 10.2. The lowest BCUT2D eigenvalue weighted by Gasteiger charge is -2.18. The van der Waals surface area contributed by atoms with E-state index in [-0.39, 0.29) is 18.0 Å². The number of hydrogen-bond acceptors (Lipinski definition) is 3. The van der Waals surface area contributed by atoms with E-state index in [4.69, 9.17) is 11.6 Å². The zero-order valence-corrected chi connectivity index (χ0v) is 13.9. The van der Waals surface area contributed by atoms with Gasteiger partial charge in [0.1, 0.15) is 6.54 Å². The third-order valence-electron chi connectivity index (χ3n) is 3.78. The number of aromatic nitrogens is 2. The molecule has 0 aliphatic heterocycles. The molecular formula is C18H16ClN3O2. The van der Waals surface area contributed by atoms with Gasteiger partial charge in [-0.15, -0.1) is 0 Å². The van der Waals surface area contributed by atoms with E-state index >= 15 is 0 Å². The van der Waals surface area contributed by atoms with Crippen molar-refractivity contribution in [2.24, 2.45) is 0 Å². The summed E-state index contributed by atoms with van der Waals surface area (Å²) in [5.41, 5.74) is 1.97. The molecule has 2 aromatic carbocycles. The van der Waals surface area contributed by atoms with Gasteiger partial charge in [0.05, 0.1) is 17.2 Å². The number of fused-ring (bicyclic) bond motifs is 1. The van der Waals surface area contributed by atoms with E-state index in [0.29, 0.717) is 22.6 Å². The van der Waals surface area contributed by atoms with E-state index in [9.17, 15) is 9.59 Å². The van der Waals surface area contributed by atoms with E-state index in [2.05, 4.69) is 4.98 Å². The van der Waals surface area contributed by atoms with Crippen LogP contribution in [0.2, 0.25) is 5.02 Å². The molecule has 0 bridgehead atoms. The SMILES string of the molecule is CN(Cc1cccc(Cl)c1)C(=O)Cn1c(=O)cnc2ccccc21. The van der Waals surface area contributed by atoms with E-state index in [1.165, 1.54) is 10.8 Å². The summed E-state index contributed by atoms with van der Waals surface area (Å²) in [5, 5.41) is 0.629. The van der Waals surface area contributed by atoms with Crippen LogP contribution in [0.25, 0.3) is 11.0 Å². The maximum atomic E-state index is 12.5. The van der Waals surface area contributed by atoms with Crippen LogP contribution >= 0.6 is 11.6 Å². The molecule has 0 fully saturated rings. The van der Waals surface area contributed by atoms with Crippen molar-refractivity contribution in [2.45, 2.75) is 13.1 Å². The molecule has 0 atom stereocenters. The number of carbonyl (C=O) groups excluding carboxylic acids is 1. The molecule has 1 heterocycles. The van der Waals surface area contributed by atoms with Crippen LogP contribution in [0, 0.1) is 0 Å². The fourth-order valence-electron chi connectivity index (χ4n) is 2.53. The molecule has 0 N–H and O–H groups in total. The largest absolute Gasteiger partial charge is 0.340 e. The first-order valence-electron chi connectivity index (χ1n) is 7.47. The molecule has 5 nitrogen and oxygen atoms in total. The molecular weight excluding hydrogens is 326 g/mol. The number of likely N-dealkylation sites (N-methyl/N-ethyl adjacent to an activating group) is 1. The van der Waals surface area contributed by atoms with Gasteiger partial charge < -0.3 is 4.90 Å². The fraction of sp³-hybridized carbons (Fsp3) is 0.167. The highest BCUT2D eigenvalue weighted by molar-refractivity contribution is 6.30. The third-order valence-corrected chi connectivity index (χ3v) is 4.02. The molecule has 0 saturated carbocycles. The number of carbonyl (C=O) groups is 1.